The molecule has 11 heavy (non-hydrogen) atoms. The molecule has 0 heterocycles. The SMILES string of the molecule is NN=Cc1cc(Cl)ccc1O. The average Bonchev–Trinajstić information content (AvgIpc) is 1.98. The molecule has 0 fully saturated rings. The third kappa shape index (κ3) is 1.85. The summed E-state index contributed by atoms with van der Waals surface area (Å²) in [5.74, 6) is 5.01. The van der Waals surface area contributed by atoms with Crippen LogP contribution in [0, 0.1) is 0 Å². The fourth-order valence-electron chi connectivity index (χ4n) is 0.709. The summed E-state index contributed by atoms with van der Waals surface area (Å²) in [5, 5.41) is 13.0. The standard InChI is InChI=1S/C7H7ClN2O/c8-6-1-2-7(11)5(3-6)4-10-9/h1-4,11H,9H2. The zero-order valence-electron chi connectivity index (χ0n) is 5.66. The highest BCUT2D eigenvalue weighted by molar-refractivity contribution is 6.30. The zero-order valence-corrected chi connectivity index (χ0v) is 6.42. The lowest BCUT2D eigenvalue weighted by molar-refractivity contribution is 0.474. The van der Waals surface area contributed by atoms with Crippen molar-refractivity contribution in [2.45, 2.75) is 0 Å². The maximum absolute atomic E-state index is 9.16. The summed E-state index contributed by atoms with van der Waals surface area (Å²) in [7, 11) is 0. The van der Waals surface area contributed by atoms with Crippen LogP contribution in [-0.4, -0.2) is 11.3 Å². The summed E-state index contributed by atoms with van der Waals surface area (Å²) in [6, 6.07) is 4.65. The maximum Gasteiger partial charge on any atom is 0.124 e. The van der Waals surface area contributed by atoms with E-state index >= 15 is 0 Å². The molecule has 0 aliphatic rings. The topological polar surface area (TPSA) is 58.6 Å². The molecule has 0 saturated carbocycles. The van der Waals surface area contributed by atoms with Gasteiger partial charge in [-0.05, 0) is 18.2 Å². The van der Waals surface area contributed by atoms with Gasteiger partial charge in [0.25, 0.3) is 0 Å². The van der Waals surface area contributed by atoms with Crippen molar-refractivity contribution < 1.29 is 5.11 Å². The van der Waals surface area contributed by atoms with Gasteiger partial charge >= 0.3 is 0 Å². The molecular weight excluding hydrogens is 164 g/mol. The second-order valence-electron chi connectivity index (χ2n) is 1.98. The number of benzene rings is 1. The van der Waals surface area contributed by atoms with E-state index in [0.29, 0.717) is 10.6 Å². The summed E-state index contributed by atoms with van der Waals surface area (Å²) < 4.78 is 0. The number of hydrogen-bond acceptors (Lipinski definition) is 3. The molecule has 0 unspecified atom stereocenters. The number of hydrazone groups is 1. The minimum atomic E-state index is 0.114. The molecule has 0 aliphatic carbocycles. The van der Waals surface area contributed by atoms with Crippen LogP contribution in [0.2, 0.25) is 5.02 Å². The molecule has 0 atom stereocenters. The predicted octanol–water partition coefficient (Wildman–Crippen LogP) is 1.34. The largest absolute Gasteiger partial charge is 0.507 e. The monoisotopic (exact) mass is 170 g/mol. The molecule has 3 nitrogen and oxygen atoms in total. The summed E-state index contributed by atoms with van der Waals surface area (Å²) in [5.41, 5.74) is 0.514. The van der Waals surface area contributed by atoms with E-state index in [9.17, 15) is 0 Å². The highest BCUT2D eigenvalue weighted by Gasteiger charge is 1.97. The molecule has 0 spiro atoms. The Morgan fingerprint density at radius 1 is 1.55 bits per heavy atom. The van der Waals surface area contributed by atoms with Gasteiger partial charge in [-0.2, -0.15) is 5.10 Å². The van der Waals surface area contributed by atoms with E-state index in [-0.39, 0.29) is 5.75 Å². The van der Waals surface area contributed by atoms with Gasteiger partial charge in [-0.25, -0.2) is 0 Å². The Morgan fingerprint density at radius 3 is 2.91 bits per heavy atom. The second-order valence-corrected chi connectivity index (χ2v) is 2.42. The number of aromatic hydroxyl groups is 1. The van der Waals surface area contributed by atoms with Gasteiger partial charge in [0.05, 0.1) is 6.21 Å². The average molecular weight is 171 g/mol. The van der Waals surface area contributed by atoms with Crippen LogP contribution in [0.4, 0.5) is 0 Å². The van der Waals surface area contributed by atoms with E-state index < -0.39 is 0 Å². The Kier molecular flexibility index (Phi) is 2.33. The van der Waals surface area contributed by atoms with E-state index in [1.165, 1.54) is 12.3 Å². The van der Waals surface area contributed by atoms with Crippen molar-refractivity contribution in [3.63, 3.8) is 0 Å². The first kappa shape index (κ1) is 7.88. The van der Waals surface area contributed by atoms with Crippen LogP contribution in [0.25, 0.3) is 0 Å². The maximum atomic E-state index is 9.16. The molecule has 58 valence electrons. The number of phenols is 1. The molecule has 1 rings (SSSR count). The van der Waals surface area contributed by atoms with Gasteiger partial charge in [-0.15, -0.1) is 0 Å². The molecule has 3 N–H and O–H groups in total. The lowest BCUT2D eigenvalue weighted by atomic mass is 10.2. The van der Waals surface area contributed by atoms with Gasteiger partial charge in [-0.3, -0.25) is 0 Å². The Hall–Kier alpha value is -1.22. The Labute approximate surface area is 69.1 Å². The third-order valence-corrected chi connectivity index (χ3v) is 1.44. The van der Waals surface area contributed by atoms with Crippen molar-refractivity contribution >= 4 is 17.8 Å². The highest BCUT2D eigenvalue weighted by Crippen LogP contribution is 2.19. The number of nitrogens with zero attached hydrogens (tertiary/aromatic N) is 1. The molecule has 1 aromatic rings. The minimum Gasteiger partial charge on any atom is -0.507 e. The van der Waals surface area contributed by atoms with Crippen molar-refractivity contribution in [2.24, 2.45) is 10.9 Å². The number of halogens is 1. The quantitative estimate of drug-likeness (QED) is 0.380. The van der Waals surface area contributed by atoms with Crippen molar-refractivity contribution in [3.05, 3.63) is 28.8 Å². The van der Waals surface area contributed by atoms with Crippen molar-refractivity contribution in [3.8, 4) is 5.75 Å². The van der Waals surface area contributed by atoms with Crippen molar-refractivity contribution in [1.29, 1.82) is 0 Å². The van der Waals surface area contributed by atoms with Crippen LogP contribution >= 0.6 is 11.6 Å². The second kappa shape index (κ2) is 3.25. The molecule has 0 aliphatic heterocycles. The lowest BCUT2D eigenvalue weighted by Gasteiger charge is -1.96. The van der Waals surface area contributed by atoms with Gasteiger partial charge in [0.2, 0.25) is 0 Å². The van der Waals surface area contributed by atoms with Gasteiger partial charge in [-0.1, -0.05) is 11.6 Å². The predicted molar refractivity (Wildman–Crippen MR) is 44.9 cm³/mol. The number of nitrogens with two attached hydrogens (primary N) is 1. The van der Waals surface area contributed by atoms with Crippen LogP contribution in [0.15, 0.2) is 23.3 Å². The molecule has 0 aromatic heterocycles. The fourth-order valence-corrected chi connectivity index (χ4v) is 0.890. The van der Waals surface area contributed by atoms with Crippen LogP contribution in [0.5, 0.6) is 5.75 Å². The lowest BCUT2D eigenvalue weighted by Crippen LogP contribution is -1.86. The van der Waals surface area contributed by atoms with Crippen LogP contribution < -0.4 is 5.84 Å². The fraction of sp³-hybridized carbons (Fsp3) is 0. The number of rotatable bonds is 1. The smallest absolute Gasteiger partial charge is 0.124 e. The summed E-state index contributed by atoms with van der Waals surface area (Å²) >= 11 is 5.64. The van der Waals surface area contributed by atoms with Gasteiger partial charge < -0.3 is 10.9 Å². The first-order chi connectivity index (χ1) is 5.24. The number of hydrogen-bond donors (Lipinski definition) is 2. The molecular formula is C7H7ClN2O. The molecule has 0 amide bonds. The molecule has 0 bridgehead atoms. The highest BCUT2D eigenvalue weighted by atomic mass is 35.5. The molecule has 0 radical (unpaired) electrons. The van der Waals surface area contributed by atoms with E-state index in [1.807, 2.05) is 0 Å². The first-order valence-corrected chi connectivity index (χ1v) is 3.33. The molecule has 1 aromatic carbocycles. The Balaban J connectivity index is 3.12. The van der Waals surface area contributed by atoms with Gasteiger partial charge in [0.15, 0.2) is 0 Å². The Bertz CT molecular complexity index is 286. The summed E-state index contributed by atoms with van der Waals surface area (Å²) in [6.07, 6.45) is 1.33. The van der Waals surface area contributed by atoms with Gasteiger partial charge in [0.1, 0.15) is 5.75 Å². The third-order valence-electron chi connectivity index (χ3n) is 1.20. The molecule has 4 heteroatoms. The Morgan fingerprint density at radius 2 is 2.27 bits per heavy atom. The first-order valence-electron chi connectivity index (χ1n) is 2.96. The minimum absolute atomic E-state index is 0.114. The zero-order chi connectivity index (χ0) is 8.27. The van der Waals surface area contributed by atoms with E-state index in [0.717, 1.165) is 0 Å². The summed E-state index contributed by atoms with van der Waals surface area (Å²) in [4.78, 5) is 0. The normalized spacial score (nSPS) is 10.6. The molecule has 0 saturated heterocycles. The van der Waals surface area contributed by atoms with Crippen molar-refractivity contribution in [2.75, 3.05) is 0 Å². The van der Waals surface area contributed by atoms with Crippen molar-refractivity contribution in [1.82, 2.24) is 0 Å². The van der Waals surface area contributed by atoms with Crippen LogP contribution in [-0.2, 0) is 0 Å². The van der Waals surface area contributed by atoms with E-state index in [2.05, 4.69) is 5.10 Å². The van der Waals surface area contributed by atoms with Crippen LogP contribution in [0.1, 0.15) is 5.56 Å². The summed E-state index contributed by atoms with van der Waals surface area (Å²) in [6.45, 7) is 0. The van der Waals surface area contributed by atoms with Gasteiger partial charge in [0, 0.05) is 10.6 Å². The van der Waals surface area contributed by atoms with E-state index in [1.54, 1.807) is 12.1 Å². The van der Waals surface area contributed by atoms with Crippen LogP contribution in [0.3, 0.4) is 0 Å². The van der Waals surface area contributed by atoms with E-state index in [4.69, 9.17) is 22.6 Å². The number of phenolic OH excluding ortho intramolecular Hbond substituents is 1.